The molecule has 0 saturated heterocycles. The van der Waals surface area contributed by atoms with Crippen molar-refractivity contribution < 1.29 is 4.79 Å². The highest BCUT2D eigenvalue weighted by atomic mass is 16.1. The molecule has 0 bridgehead atoms. The maximum absolute atomic E-state index is 11.9. The van der Waals surface area contributed by atoms with Gasteiger partial charge in [0.15, 0.2) is 0 Å². The molecule has 0 saturated carbocycles. The van der Waals surface area contributed by atoms with Gasteiger partial charge in [0.25, 0.3) is 5.91 Å². The van der Waals surface area contributed by atoms with Crippen LogP contribution in [-0.4, -0.2) is 12.5 Å². The summed E-state index contributed by atoms with van der Waals surface area (Å²) in [6.07, 6.45) is 0.910. The van der Waals surface area contributed by atoms with E-state index in [0.717, 1.165) is 17.8 Å². The lowest BCUT2D eigenvalue weighted by molar-refractivity contribution is 0.0953. The summed E-state index contributed by atoms with van der Waals surface area (Å²) in [6.45, 7) is 6.83. The molecule has 1 amide bonds. The Morgan fingerprint density at radius 2 is 1.91 bits per heavy atom. The minimum atomic E-state index is -0.0909. The van der Waals surface area contributed by atoms with Crippen molar-refractivity contribution >= 4 is 23.0 Å². The third kappa shape index (κ3) is 3.58. The lowest BCUT2D eigenvalue weighted by atomic mass is 10.1. The zero-order chi connectivity index (χ0) is 16.1. The van der Waals surface area contributed by atoms with Gasteiger partial charge in [-0.3, -0.25) is 4.79 Å². The van der Waals surface area contributed by atoms with Crippen LogP contribution in [0, 0.1) is 13.8 Å². The number of nitrogens with two attached hydrogens (primary N) is 1. The van der Waals surface area contributed by atoms with Gasteiger partial charge in [-0.1, -0.05) is 19.1 Å². The Bertz CT molecular complexity index is 680. The van der Waals surface area contributed by atoms with Gasteiger partial charge >= 0.3 is 0 Å². The van der Waals surface area contributed by atoms with E-state index in [0.29, 0.717) is 17.8 Å². The molecule has 4 heteroatoms. The molecule has 2 aromatic carbocycles. The number of aryl methyl sites for hydroxylation is 1. The first kappa shape index (κ1) is 15.9. The molecule has 0 aromatic heterocycles. The van der Waals surface area contributed by atoms with Gasteiger partial charge in [-0.25, -0.2) is 0 Å². The normalized spacial score (nSPS) is 10.3. The quantitative estimate of drug-likeness (QED) is 0.736. The molecule has 4 N–H and O–H groups in total. The summed E-state index contributed by atoms with van der Waals surface area (Å²) >= 11 is 0. The fourth-order valence-electron chi connectivity index (χ4n) is 2.19. The van der Waals surface area contributed by atoms with E-state index in [9.17, 15) is 4.79 Å². The number of hydrogen-bond acceptors (Lipinski definition) is 3. The number of nitrogen functional groups attached to an aromatic ring is 1. The van der Waals surface area contributed by atoms with Crippen LogP contribution in [0.25, 0.3) is 0 Å². The number of nitrogens with one attached hydrogen (secondary N) is 2. The number of carbonyl (C=O) groups is 1. The first-order valence-corrected chi connectivity index (χ1v) is 7.54. The van der Waals surface area contributed by atoms with Crippen molar-refractivity contribution in [3.8, 4) is 0 Å². The van der Waals surface area contributed by atoms with Crippen molar-refractivity contribution in [3.05, 3.63) is 53.1 Å². The highest BCUT2D eigenvalue weighted by molar-refractivity contribution is 5.96. The first-order valence-electron chi connectivity index (χ1n) is 7.54. The summed E-state index contributed by atoms with van der Waals surface area (Å²) in [5, 5.41) is 6.18. The summed E-state index contributed by atoms with van der Waals surface area (Å²) in [7, 11) is 0. The Labute approximate surface area is 131 Å². The topological polar surface area (TPSA) is 67.2 Å². The second kappa shape index (κ2) is 6.98. The molecule has 0 aliphatic carbocycles. The van der Waals surface area contributed by atoms with E-state index in [1.54, 1.807) is 12.1 Å². The number of anilines is 3. The summed E-state index contributed by atoms with van der Waals surface area (Å²) < 4.78 is 0. The van der Waals surface area contributed by atoms with Crippen LogP contribution in [0.1, 0.15) is 34.8 Å². The molecule has 0 aliphatic heterocycles. The maximum Gasteiger partial charge on any atom is 0.251 e. The second-order valence-electron chi connectivity index (χ2n) is 5.43. The molecule has 116 valence electrons. The SMILES string of the molecule is CCCNC(=O)c1ccc(Nc2cccc(C)c2C)c(N)c1. The molecular weight excluding hydrogens is 274 g/mol. The van der Waals surface area contributed by atoms with Crippen LogP contribution >= 0.6 is 0 Å². The molecule has 0 fully saturated rings. The van der Waals surface area contributed by atoms with Gasteiger partial charge in [0.05, 0.1) is 11.4 Å². The Morgan fingerprint density at radius 1 is 1.14 bits per heavy atom. The second-order valence-corrected chi connectivity index (χ2v) is 5.43. The predicted molar refractivity (Wildman–Crippen MR) is 92.7 cm³/mol. The van der Waals surface area contributed by atoms with E-state index >= 15 is 0 Å². The number of benzene rings is 2. The monoisotopic (exact) mass is 297 g/mol. The Hall–Kier alpha value is -2.49. The van der Waals surface area contributed by atoms with Crippen LogP contribution in [0.2, 0.25) is 0 Å². The molecule has 0 atom stereocenters. The van der Waals surface area contributed by atoms with Gasteiger partial charge in [-0.2, -0.15) is 0 Å². The summed E-state index contributed by atoms with van der Waals surface area (Å²) in [6, 6.07) is 11.4. The van der Waals surface area contributed by atoms with Crippen molar-refractivity contribution in [1.82, 2.24) is 5.32 Å². The van der Waals surface area contributed by atoms with E-state index in [1.165, 1.54) is 11.1 Å². The Morgan fingerprint density at radius 3 is 2.59 bits per heavy atom. The van der Waals surface area contributed by atoms with E-state index < -0.39 is 0 Å². The molecule has 0 spiro atoms. The van der Waals surface area contributed by atoms with Crippen molar-refractivity contribution in [1.29, 1.82) is 0 Å². The number of amides is 1. The fraction of sp³-hybridized carbons (Fsp3) is 0.278. The van der Waals surface area contributed by atoms with E-state index in [2.05, 4.69) is 30.5 Å². The molecule has 4 nitrogen and oxygen atoms in total. The van der Waals surface area contributed by atoms with Crippen LogP contribution in [0.4, 0.5) is 17.1 Å². The average Bonchev–Trinajstić information content (AvgIpc) is 2.51. The van der Waals surface area contributed by atoms with Crippen molar-refractivity contribution in [2.24, 2.45) is 0 Å². The highest BCUT2D eigenvalue weighted by Crippen LogP contribution is 2.27. The number of hydrogen-bond donors (Lipinski definition) is 3. The zero-order valence-electron chi connectivity index (χ0n) is 13.4. The van der Waals surface area contributed by atoms with Crippen molar-refractivity contribution in [2.45, 2.75) is 27.2 Å². The minimum absolute atomic E-state index is 0.0909. The fourth-order valence-corrected chi connectivity index (χ4v) is 2.19. The van der Waals surface area contributed by atoms with Crippen molar-refractivity contribution in [3.63, 3.8) is 0 Å². The third-order valence-corrected chi connectivity index (χ3v) is 3.72. The molecular formula is C18H23N3O. The third-order valence-electron chi connectivity index (χ3n) is 3.72. The molecule has 2 aromatic rings. The zero-order valence-corrected chi connectivity index (χ0v) is 13.4. The number of carbonyl (C=O) groups excluding carboxylic acids is 1. The highest BCUT2D eigenvalue weighted by Gasteiger charge is 2.09. The van der Waals surface area contributed by atoms with Gasteiger partial charge in [-0.15, -0.1) is 0 Å². The van der Waals surface area contributed by atoms with Gasteiger partial charge in [-0.05, 0) is 55.7 Å². The molecule has 22 heavy (non-hydrogen) atoms. The summed E-state index contributed by atoms with van der Waals surface area (Å²) in [5.41, 5.74) is 11.5. The lowest BCUT2D eigenvalue weighted by Gasteiger charge is -2.14. The van der Waals surface area contributed by atoms with E-state index in [4.69, 9.17) is 5.73 Å². The molecule has 0 unspecified atom stereocenters. The summed E-state index contributed by atoms with van der Waals surface area (Å²) in [4.78, 5) is 11.9. The molecule has 2 rings (SSSR count). The van der Waals surface area contributed by atoms with Gasteiger partial charge in [0.2, 0.25) is 0 Å². The Kier molecular flexibility index (Phi) is 5.04. The number of rotatable bonds is 5. The first-order chi connectivity index (χ1) is 10.5. The van der Waals surface area contributed by atoms with Gasteiger partial charge < -0.3 is 16.4 Å². The summed E-state index contributed by atoms with van der Waals surface area (Å²) in [5.74, 6) is -0.0909. The largest absolute Gasteiger partial charge is 0.397 e. The Balaban J connectivity index is 2.20. The smallest absolute Gasteiger partial charge is 0.251 e. The minimum Gasteiger partial charge on any atom is -0.397 e. The van der Waals surface area contributed by atoms with Crippen molar-refractivity contribution in [2.75, 3.05) is 17.6 Å². The molecule has 0 aliphatic rings. The van der Waals surface area contributed by atoms with Crippen LogP contribution in [-0.2, 0) is 0 Å². The van der Waals surface area contributed by atoms with E-state index in [1.807, 2.05) is 25.1 Å². The molecule has 0 radical (unpaired) electrons. The standard InChI is InChI=1S/C18H23N3O/c1-4-10-20-18(22)14-8-9-17(15(19)11-14)21-16-7-5-6-12(2)13(16)3/h5-9,11,21H,4,10,19H2,1-3H3,(H,20,22). The van der Waals surface area contributed by atoms with Crippen LogP contribution in [0.15, 0.2) is 36.4 Å². The van der Waals surface area contributed by atoms with Crippen LogP contribution in [0.5, 0.6) is 0 Å². The van der Waals surface area contributed by atoms with E-state index in [-0.39, 0.29) is 5.91 Å². The lowest BCUT2D eigenvalue weighted by Crippen LogP contribution is -2.24. The van der Waals surface area contributed by atoms with Crippen LogP contribution in [0.3, 0.4) is 0 Å². The maximum atomic E-state index is 11.9. The van der Waals surface area contributed by atoms with Gasteiger partial charge in [0.1, 0.15) is 0 Å². The molecule has 0 heterocycles. The average molecular weight is 297 g/mol. The predicted octanol–water partition coefficient (Wildman–Crippen LogP) is 3.77. The van der Waals surface area contributed by atoms with Gasteiger partial charge in [0, 0.05) is 17.8 Å². The van der Waals surface area contributed by atoms with Crippen LogP contribution < -0.4 is 16.4 Å².